The lowest BCUT2D eigenvalue weighted by atomic mass is 9.99. The summed E-state index contributed by atoms with van der Waals surface area (Å²) in [6.45, 7) is 8.13. The fourth-order valence-electron chi connectivity index (χ4n) is 2.08. The van der Waals surface area contributed by atoms with Gasteiger partial charge in [0.05, 0.1) is 6.04 Å². The summed E-state index contributed by atoms with van der Waals surface area (Å²) in [6, 6.07) is -0.251. The van der Waals surface area contributed by atoms with E-state index in [0.717, 1.165) is 19.6 Å². The van der Waals surface area contributed by atoms with Crippen molar-refractivity contribution in [3.8, 4) is 0 Å². The summed E-state index contributed by atoms with van der Waals surface area (Å²) in [6.07, 6.45) is 0. The van der Waals surface area contributed by atoms with Gasteiger partial charge in [0.15, 0.2) is 0 Å². The number of carbonyl (C=O) groups is 1. The number of amides is 1. The average molecular weight is 228 g/mol. The summed E-state index contributed by atoms with van der Waals surface area (Å²) in [5.41, 5.74) is 5.48. The van der Waals surface area contributed by atoms with Crippen molar-refractivity contribution >= 4 is 5.91 Å². The van der Waals surface area contributed by atoms with Crippen molar-refractivity contribution in [1.29, 1.82) is 0 Å². The number of nitrogens with zero attached hydrogens (tertiary/aromatic N) is 2. The molecule has 1 aliphatic rings. The van der Waals surface area contributed by atoms with Crippen LogP contribution in [-0.4, -0.2) is 67.6 Å². The third kappa shape index (κ3) is 3.17. The number of hydrogen-bond acceptors (Lipinski definition) is 4. The summed E-state index contributed by atoms with van der Waals surface area (Å²) in [4.78, 5) is 15.8. The Bertz CT molecular complexity index is 254. The molecule has 0 bridgehead atoms. The van der Waals surface area contributed by atoms with Crippen LogP contribution in [0.25, 0.3) is 0 Å². The largest absolute Gasteiger partial charge is 0.368 e. The van der Waals surface area contributed by atoms with Crippen molar-refractivity contribution in [2.45, 2.75) is 25.4 Å². The number of nitrogens with one attached hydrogen (secondary N) is 1. The molecule has 0 radical (unpaired) electrons. The van der Waals surface area contributed by atoms with Crippen LogP contribution in [0, 0.1) is 0 Å². The molecule has 5 nitrogen and oxygen atoms in total. The lowest BCUT2D eigenvalue weighted by molar-refractivity contribution is -0.120. The van der Waals surface area contributed by atoms with Crippen molar-refractivity contribution in [1.82, 2.24) is 15.1 Å². The van der Waals surface area contributed by atoms with Gasteiger partial charge in [-0.1, -0.05) is 0 Å². The number of carbonyl (C=O) groups excluding carboxylic acids is 1. The molecule has 1 amide bonds. The minimum absolute atomic E-state index is 0.161. The molecule has 0 aliphatic carbocycles. The second kappa shape index (κ2) is 5.12. The maximum atomic E-state index is 11.2. The van der Waals surface area contributed by atoms with Crippen LogP contribution in [0.15, 0.2) is 0 Å². The predicted molar refractivity (Wildman–Crippen MR) is 65.2 cm³/mol. The molecule has 1 rings (SSSR count). The normalized spacial score (nSPS) is 24.2. The second-order valence-electron chi connectivity index (χ2n) is 5.21. The van der Waals surface area contributed by atoms with Crippen LogP contribution in [0.3, 0.4) is 0 Å². The quantitative estimate of drug-likeness (QED) is 0.654. The zero-order valence-corrected chi connectivity index (χ0v) is 10.8. The van der Waals surface area contributed by atoms with E-state index in [-0.39, 0.29) is 17.5 Å². The molecule has 3 N–H and O–H groups in total. The van der Waals surface area contributed by atoms with Crippen LogP contribution in [0.5, 0.6) is 0 Å². The molecule has 1 saturated heterocycles. The SMILES string of the molecule is CNC(CN1CCN(C)C(C)(C)C1)C(N)=O. The number of hydrogen-bond donors (Lipinski definition) is 2. The number of rotatable bonds is 4. The van der Waals surface area contributed by atoms with Gasteiger partial charge in [-0.2, -0.15) is 0 Å². The summed E-state index contributed by atoms with van der Waals surface area (Å²) in [7, 11) is 3.91. The molecule has 1 atom stereocenters. The first-order valence-electron chi connectivity index (χ1n) is 5.77. The lowest BCUT2D eigenvalue weighted by Gasteiger charge is -2.46. The minimum atomic E-state index is -0.278. The molecule has 5 heteroatoms. The van der Waals surface area contributed by atoms with Gasteiger partial charge in [0.25, 0.3) is 0 Å². The Kier molecular flexibility index (Phi) is 4.29. The number of nitrogens with two attached hydrogens (primary N) is 1. The van der Waals surface area contributed by atoms with Crippen molar-refractivity contribution in [2.24, 2.45) is 5.73 Å². The zero-order valence-electron chi connectivity index (χ0n) is 10.8. The Balaban J connectivity index is 2.53. The zero-order chi connectivity index (χ0) is 12.3. The van der Waals surface area contributed by atoms with Crippen molar-refractivity contribution in [2.75, 3.05) is 40.3 Å². The van der Waals surface area contributed by atoms with Gasteiger partial charge in [0.2, 0.25) is 5.91 Å². The highest BCUT2D eigenvalue weighted by Crippen LogP contribution is 2.18. The molecule has 1 unspecified atom stereocenters. The second-order valence-corrected chi connectivity index (χ2v) is 5.21. The summed E-state index contributed by atoms with van der Waals surface area (Å²) < 4.78 is 0. The van der Waals surface area contributed by atoms with Crippen LogP contribution in [0.4, 0.5) is 0 Å². The molecule has 1 heterocycles. The summed E-state index contributed by atoms with van der Waals surface area (Å²) >= 11 is 0. The van der Waals surface area contributed by atoms with E-state index in [1.165, 1.54) is 0 Å². The van der Waals surface area contributed by atoms with Gasteiger partial charge >= 0.3 is 0 Å². The van der Waals surface area contributed by atoms with Gasteiger partial charge in [-0.3, -0.25) is 14.6 Å². The Labute approximate surface area is 98.0 Å². The van der Waals surface area contributed by atoms with Gasteiger partial charge in [0, 0.05) is 31.7 Å². The van der Waals surface area contributed by atoms with Crippen molar-refractivity contribution < 1.29 is 4.79 Å². The molecule has 0 aromatic rings. The molecule has 0 aromatic carbocycles. The third-order valence-electron chi connectivity index (χ3n) is 3.53. The van der Waals surface area contributed by atoms with Gasteiger partial charge in [-0.25, -0.2) is 0 Å². The first kappa shape index (κ1) is 13.4. The maximum Gasteiger partial charge on any atom is 0.235 e. The highest BCUT2D eigenvalue weighted by Gasteiger charge is 2.32. The average Bonchev–Trinajstić information content (AvgIpc) is 2.19. The van der Waals surface area contributed by atoms with Crippen LogP contribution in [-0.2, 0) is 4.79 Å². The van der Waals surface area contributed by atoms with E-state index >= 15 is 0 Å². The lowest BCUT2D eigenvalue weighted by Crippen LogP contribution is -2.60. The minimum Gasteiger partial charge on any atom is -0.368 e. The van der Waals surface area contributed by atoms with E-state index in [9.17, 15) is 4.79 Å². The Morgan fingerprint density at radius 1 is 1.50 bits per heavy atom. The van der Waals surface area contributed by atoms with Crippen LogP contribution >= 0.6 is 0 Å². The van der Waals surface area contributed by atoms with E-state index in [4.69, 9.17) is 5.73 Å². The molecular formula is C11H24N4O. The Hall–Kier alpha value is -0.650. The standard InChI is InChI=1S/C11H24N4O/c1-11(2)8-15(6-5-14(11)4)7-9(13-3)10(12)16/h9,13H,5-8H2,1-4H3,(H2,12,16). The number of primary amides is 1. The molecule has 16 heavy (non-hydrogen) atoms. The molecular weight excluding hydrogens is 204 g/mol. The number of piperazine rings is 1. The van der Waals surface area contributed by atoms with Crippen LogP contribution in [0.2, 0.25) is 0 Å². The Morgan fingerprint density at radius 3 is 2.56 bits per heavy atom. The predicted octanol–water partition coefficient (Wildman–Crippen LogP) is -0.914. The summed E-state index contributed by atoms with van der Waals surface area (Å²) in [5, 5.41) is 2.96. The van der Waals surface area contributed by atoms with E-state index in [1.807, 2.05) is 0 Å². The smallest absolute Gasteiger partial charge is 0.235 e. The molecule has 94 valence electrons. The van der Waals surface area contributed by atoms with Crippen molar-refractivity contribution in [3.63, 3.8) is 0 Å². The van der Waals surface area contributed by atoms with Gasteiger partial charge in [-0.05, 0) is 27.9 Å². The van der Waals surface area contributed by atoms with Crippen molar-refractivity contribution in [3.05, 3.63) is 0 Å². The fraction of sp³-hybridized carbons (Fsp3) is 0.909. The van der Waals surface area contributed by atoms with E-state index in [1.54, 1.807) is 7.05 Å². The topological polar surface area (TPSA) is 61.6 Å². The molecule has 0 aromatic heterocycles. The highest BCUT2D eigenvalue weighted by atomic mass is 16.1. The molecule has 0 spiro atoms. The monoisotopic (exact) mass is 228 g/mol. The molecule has 1 fully saturated rings. The van der Waals surface area contributed by atoms with E-state index < -0.39 is 0 Å². The molecule has 1 aliphatic heterocycles. The summed E-state index contributed by atoms with van der Waals surface area (Å²) in [5.74, 6) is -0.278. The molecule has 0 saturated carbocycles. The first-order chi connectivity index (χ1) is 7.36. The van der Waals surface area contributed by atoms with Crippen LogP contribution < -0.4 is 11.1 Å². The van der Waals surface area contributed by atoms with Gasteiger partial charge in [0.1, 0.15) is 0 Å². The van der Waals surface area contributed by atoms with E-state index in [0.29, 0.717) is 6.54 Å². The first-order valence-corrected chi connectivity index (χ1v) is 5.77. The van der Waals surface area contributed by atoms with E-state index in [2.05, 4.69) is 36.0 Å². The number of likely N-dealkylation sites (N-methyl/N-ethyl adjacent to an activating group) is 2. The maximum absolute atomic E-state index is 11.2. The highest BCUT2D eigenvalue weighted by molar-refractivity contribution is 5.80. The Morgan fingerprint density at radius 2 is 2.12 bits per heavy atom. The van der Waals surface area contributed by atoms with Gasteiger partial charge < -0.3 is 11.1 Å². The third-order valence-corrected chi connectivity index (χ3v) is 3.53. The van der Waals surface area contributed by atoms with Crippen LogP contribution in [0.1, 0.15) is 13.8 Å². The van der Waals surface area contributed by atoms with Gasteiger partial charge in [-0.15, -0.1) is 0 Å². The fourth-order valence-corrected chi connectivity index (χ4v) is 2.08.